The van der Waals surface area contributed by atoms with Crippen LogP contribution >= 0.6 is 22.8 Å². The summed E-state index contributed by atoms with van der Waals surface area (Å²) in [7, 11) is -12.1. The first kappa shape index (κ1) is 81.1. The highest BCUT2D eigenvalue weighted by molar-refractivity contribution is 7.55. The summed E-state index contributed by atoms with van der Waals surface area (Å²) in [6, 6.07) is 0. The van der Waals surface area contributed by atoms with Gasteiger partial charge in [0, 0.05) is 23.0 Å². The van der Waals surface area contributed by atoms with E-state index in [1.807, 2.05) is 62.3 Å². The van der Waals surface area contributed by atoms with Gasteiger partial charge in [-0.3, -0.25) is 33.0 Å². The maximum absolute atomic E-state index is 14.9. The van der Waals surface area contributed by atoms with E-state index < -0.39 is 147 Å². The molecule has 0 aromatic rings. The van der Waals surface area contributed by atoms with Crippen molar-refractivity contribution in [3.05, 3.63) is 0 Å². The van der Waals surface area contributed by atoms with Gasteiger partial charge < -0.3 is 51.4 Å². The molecule has 27 heteroatoms. The van der Waals surface area contributed by atoms with E-state index in [1.165, 1.54) is 36.0 Å². The monoisotopic (exact) mass is 1280 g/mol. The van der Waals surface area contributed by atoms with Crippen LogP contribution in [0.15, 0.2) is 0 Å². The molecular weight excluding hydrogens is 1170 g/mol. The molecule has 0 radical (unpaired) electrons. The van der Waals surface area contributed by atoms with E-state index in [2.05, 4.69) is 0 Å². The molecule has 1 aliphatic rings. The summed E-state index contributed by atoms with van der Waals surface area (Å²) >= 11 is 0. The zero-order chi connectivity index (χ0) is 66.4. The molecular formula is C58H115N4O20P3. The molecule has 1 aliphatic heterocycles. The fraction of sp³-hybridized carbons (Fsp3) is 0.931. The smallest absolute Gasteiger partial charge is 0.350 e. The zero-order valence-electron chi connectivity index (χ0n) is 57.2. The van der Waals surface area contributed by atoms with Gasteiger partial charge in [0.05, 0.1) is 46.2 Å². The van der Waals surface area contributed by atoms with Gasteiger partial charge in [-0.1, -0.05) is 69.2 Å². The van der Waals surface area contributed by atoms with Crippen LogP contribution in [-0.2, 0) is 88.7 Å². The van der Waals surface area contributed by atoms with Crippen LogP contribution in [0, 0.1) is 22.2 Å². The number of carbonyl (C=O) groups excluding carboxylic acids is 4. The first-order chi connectivity index (χ1) is 38.5. The van der Waals surface area contributed by atoms with Gasteiger partial charge in [-0.25, -0.2) is 14.4 Å². The fourth-order valence-electron chi connectivity index (χ4n) is 9.66. The lowest BCUT2D eigenvalue weighted by Crippen LogP contribution is -2.57. The Hall–Kier alpha value is -1.95. The summed E-state index contributed by atoms with van der Waals surface area (Å²) in [5, 5.41) is 15.7. The van der Waals surface area contributed by atoms with Crippen molar-refractivity contribution < 1.29 is 93.8 Å². The van der Waals surface area contributed by atoms with E-state index in [-0.39, 0.29) is 58.4 Å². The SMILES string of the molecule is CCOP(=O)(OCC)C(N(OC(C)C(=O)OCC(OC(=O)C(C)ON(C(C(C)(C)C)P(=O)(OCC)OCC)C(C)(C)C)C(CN1C(=O)C[C@@H](C)C[C@H]1O)OC(=O)C(C)ON(C(C(C)(C)C)P(=O)(OCC)OCC)C(C)(C)C)C(C)(C)C)C(C)(C)C. The summed E-state index contributed by atoms with van der Waals surface area (Å²) in [4.78, 5) is 78.8. The Kier molecular flexibility index (Phi) is 31.3. The standard InChI is InChI=1S/C58H115N4O20P3/c1-29-72-83(68,73-30-2)50(53(11,12)13)60(56(20,21)22)80-40(8)47(65)71-38-44(79-49(67)42(10)82-62(58(26,27)28)52(55(17,18)19)85(70,76-33-5)77-34-6)43(37-59-45(63)35-39(7)36-46(59)64)78-48(66)41(9)81-61(57(23,24)25)51(54(14,15)16)84(69,74-31-3)75-32-4/h39-45,50-52,63H,29-38H2,1-28H3/t39-,40?,41?,42?,43?,44?,45+,50?,51?,52?/m0/s1. The predicted octanol–water partition coefficient (Wildman–Crippen LogP) is 12.1. The molecule has 10 atom stereocenters. The van der Waals surface area contributed by atoms with Gasteiger partial charge in [0.15, 0.2) is 30.5 Å². The molecule has 1 fully saturated rings. The van der Waals surface area contributed by atoms with Crippen molar-refractivity contribution >= 4 is 46.6 Å². The summed E-state index contributed by atoms with van der Waals surface area (Å²) < 4.78 is 98.1. The third-order valence-corrected chi connectivity index (χ3v) is 21.5. The molecule has 0 spiro atoms. The number of esters is 3. The lowest BCUT2D eigenvalue weighted by atomic mass is 9.94. The average Bonchev–Trinajstić information content (AvgIpc) is 1.44. The molecule has 24 nitrogen and oxygen atoms in total. The Bertz CT molecular complexity index is 2220. The molecule has 1 heterocycles. The minimum Gasteiger partial charge on any atom is -0.460 e. The molecule has 8 unspecified atom stereocenters. The highest BCUT2D eigenvalue weighted by atomic mass is 31.2. The normalized spacial score (nSPS) is 19.6. The molecule has 1 saturated heterocycles. The lowest BCUT2D eigenvalue weighted by molar-refractivity contribution is -0.270. The molecule has 1 amide bonds. The highest BCUT2D eigenvalue weighted by Gasteiger charge is 2.56. The van der Waals surface area contributed by atoms with Crippen LogP contribution in [0.4, 0.5) is 0 Å². The predicted molar refractivity (Wildman–Crippen MR) is 326 cm³/mol. The fourth-order valence-corrected chi connectivity index (χ4v) is 17.7. The van der Waals surface area contributed by atoms with E-state index in [0.717, 1.165) is 4.90 Å². The molecule has 0 aliphatic carbocycles. The number of piperidine rings is 1. The maximum atomic E-state index is 14.9. The maximum Gasteiger partial charge on any atom is 0.350 e. The quantitative estimate of drug-likeness (QED) is 0.0271. The Morgan fingerprint density at radius 1 is 0.506 bits per heavy atom. The number of aliphatic hydroxyl groups excluding tert-OH is 1. The largest absolute Gasteiger partial charge is 0.460 e. The number of aliphatic hydroxyl groups is 1. The number of carbonyl (C=O) groups is 4. The van der Waals surface area contributed by atoms with Crippen LogP contribution in [0.3, 0.4) is 0 Å². The van der Waals surface area contributed by atoms with Gasteiger partial charge in [0.25, 0.3) is 0 Å². The van der Waals surface area contributed by atoms with E-state index in [0.29, 0.717) is 0 Å². The minimum absolute atomic E-state index is 0.00908. The van der Waals surface area contributed by atoms with E-state index in [4.69, 9.17) is 55.9 Å². The van der Waals surface area contributed by atoms with Gasteiger partial charge in [-0.15, -0.1) is 0 Å². The van der Waals surface area contributed by atoms with E-state index in [9.17, 15) is 38.0 Å². The molecule has 0 bridgehead atoms. The second-order valence-corrected chi connectivity index (χ2v) is 34.0. The van der Waals surface area contributed by atoms with Crippen molar-refractivity contribution in [2.75, 3.05) is 52.8 Å². The number of hydrogen-bond donors (Lipinski definition) is 1. The molecule has 1 rings (SSSR count). The van der Waals surface area contributed by atoms with Crippen LogP contribution in [0.25, 0.3) is 0 Å². The van der Waals surface area contributed by atoms with Crippen molar-refractivity contribution in [2.45, 2.75) is 277 Å². The molecule has 502 valence electrons. The number of likely N-dealkylation sites (tertiary alicyclic amines) is 1. The third kappa shape index (κ3) is 23.7. The third-order valence-electron chi connectivity index (χ3n) is 13.1. The van der Waals surface area contributed by atoms with Gasteiger partial charge in [0.1, 0.15) is 30.2 Å². The lowest BCUT2D eigenvalue weighted by Gasteiger charge is -2.48. The van der Waals surface area contributed by atoms with Crippen LogP contribution in [0.1, 0.15) is 207 Å². The number of rotatable bonds is 34. The first-order valence-corrected chi connectivity index (χ1v) is 34.9. The van der Waals surface area contributed by atoms with Crippen molar-refractivity contribution in [3.63, 3.8) is 0 Å². The van der Waals surface area contributed by atoms with Crippen LogP contribution in [0.5, 0.6) is 0 Å². The Balaban J connectivity index is 4.36. The van der Waals surface area contributed by atoms with Crippen molar-refractivity contribution in [1.82, 2.24) is 20.1 Å². The Labute approximate surface area is 511 Å². The topological polar surface area (TPSA) is 263 Å². The number of amides is 1. The minimum atomic E-state index is -4.05. The van der Waals surface area contributed by atoms with Crippen LogP contribution in [-0.4, -0.2) is 173 Å². The van der Waals surface area contributed by atoms with Crippen molar-refractivity contribution in [2.24, 2.45) is 22.2 Å². The molecule has 85 heavy (non-hydrogen) atoms. The Morgan fingerprint density at radius 2 is 0.776 bits per heavy atom. The summed E-state index contributed by atoms with van der Waals surface area (Å²) in [5.74, 6) is -7.22. The number of ether oxygens (including phenoxy) is 3. The van der Waals surface area contributed by atoms with Gasteiger partial charge in [0.2, 0.25) is 5.91 Å². The molecule has 0 aromatic heterocycles. The highest BCUT2D eigenvalue weighted by Crippen LogP contribution is 2.63. The molecule has 0 aromatic carbocycles. The van der Waals surface area contributed by atoms with Crippen LogP contribution in [0.2, 0.25) is 0 Å². The number of hydrogen-bond acceptors (Lipinski definition) is 23. The molecule has 0 saturated carbocycles. The summed E-state index contributed by atoms with van der Waals surface area (Å²) in [6.07, 6.45) is -9.32. The first-order valence-electron chi connectivity index (χ1n) is 30.1. The summed E-state index contributed by atoms with van der Waals surface area (Å²) in [6.45, 7) is 47.4. The van der Waals surface area contributed by atoms with Gasteiger partial charge in [-0.2, -0.15) is 15.2 Å². The van der Waals surface area contributed by atoms with Crippen LogP contribution < -0.4 is 0 Å². The number of nitrogens with zero attached hydrogens (tertiary/aromatic N) is 4. The van der Waals surface area contributed by atoms with Gasteiger partial charge in [-0.05, 0) is 153 Å². The van der Waals surface area contributed by atoms with Crippen molar-refractivity contribution in [3.8, 4) is 0 Å². The van der Waals surface area contributed by atoms with E-state index >= 15 is 0 Å². The molecule has 1 N–H and O–H groups in total. The van der Waals surface area contributed by atoms with Gasteiger partial charge >= 0.3 is 40.7 Å². The number of hydroxylamine groups is 6. The average molecular weight is 1280 g/mol. The second-order valence-electron chi connectivity index (χ2n) is 27.7. The summed E-state index contributed by atoms with van der Waals surface area (Å²) in [5.41, 5.74) is -5.51. The van der Waals surface area contributed by atoms with Crippen molar-refractivity contribution in [1.29, 1.82) is 0 Å². The van der Waals surface area contributed by atoms with E-state index in [1.54, 1.807) is 111 Å². The zero-order valence-corrected chi connectivity index (χ0v) is 59.9. The second kappa shape index (κ2) is 32.9. The Morgan fingerprint density at radius 3 is 1.02 bits per heavy atom.